The maximum absolute atomic E-state index is 10.8. The summed E-state index contributed by atoms with van der Waals surface area (Å²) in [4.78, 5) is 21.6. The summed E-state index contributed by atoms with van der Waals surface area (Å²) in [5.41, 5.74) is -0.491. The Hall–Kier alpha value is -1.64. The van der Waals surface area contributed by atoms with Gasteiger partial charge in [0.15, 0.2) is 11.9 Å². The van der Waals surface area contributed by atoms with E-state index in [9.17, 15) is 24.9 Å². The molecule has 0 aliphatic carbocycles. The van der Waals surface area contributed by atoms with Gasteiger partial charge in [-0.1, -0.05) is 0 Å². The van der Waals surface area contributed by atoms with Crippen LogP contribution in [0.5, 0.6) is 0 Å². The number of nitrogens with one attached hydrogen (secondary N) is 1. The van der Waals surface area contributed by atoms with Gasteiger partial charge in [-0.25, -0.2) is 0 Å². The SMILES string of the molecule is CC(=O)NC1=C(C(=O)[O-])O[C@H](CO)[C@@H](O)[C@@H]1O. The van der Waals surface area contributed by atoms with Gasteiger partial charge in [0.1, 0.15) is 18.2 Å². The van der Waals surface area contributed by atoms with Gasteiger partial charge in [-0.2, -0.15) is 0 Å². The maximum Gasteiger partial charge on any atom is 0.221 e. The van der Waals surface area contributed by atoms with E-state index in [4.69, 9.17) is 9.84 Å². The molecule has 0 bridgehead atoms. The van der Waals surface area contributed by atoms with Crippen LogP contribution in [0.25, 0.3) is 0 Å². The molecule has 0 fully saturated rings. The lowest BCUT2D eigenvalue weighted by Crippen LogP contribution is -2.52. The molecule has 0 radical (unpaired) electrons. The monoisotopic (exact) mass is 246 g/mol. The van der Waals surface area contributed by atoms with Crippen molar-refractivity contribution in [1.82, 2.24) is 5.32 Å². The number of rotatable bonds is 3. The first-order valence-corrected chi connectivity index (χ1v) is 4.75. The summed E-state index contributed by atoms with van der Waals surface area (Å²) in [6.07, 6.45) is -4.53. The van der Waals surface area contributed by atoms with E-state index in [1.54, 1.807) is 0 Å². The summed E-state index contributed by atoms with van der Waals surface area (Å²) in [6.45, 7) is 0.402. The Bertz CT molecular complexity index is 364. The second-order valence-electron chi connectivity index (χ2n) is 3.49. The molecule has 0 saturated carbocycles. The fraction of sp³-hybridized carbons (Fsp3) is 0.556. The van der Waals surface area contributed by atoms with Gasteiger partial charge < -0.3 is 35.3 Å². The topological polar surface area (TPSA) is 139 Å². The molecule has 0 aromatic carbocycles. The number of hydrogen-bond acceptors (Lipinski definition) is 7. The molecule has 4 N–H and O–H groups in total. The fourth-order valence-corrected chi connectivity index (χ4v) is 1.42. The van der Waals surface area contributed by atoms with Crippen LogP contribution in [0.1, 0.15) is 6.92 Å². The number of aliphatic hydroxyl groups is 3. The highest BCUT2D eigenvalue weighted by Gasteiger charge is 2.38. The maximum atomic E-state index is 10.8. The van der Waals surface area contributed by atoms with E-state index < -0.39 is 48.3 Å². The van der Waals surface area contributed by atoms with E-state index in [0.717, 1.165) is 6.92 Å². The zero-order valence-electron chi connectivity index (χ0n) is 8.91. The zero-order chi connectivity index (χ0) is 13.2. The van der Waals surface area contributed by atoms with Gasteiger partial charge in [-0.05, 0) is 0 Å². The Kier molecular flexibility index (Phi) is 4.05. The number of aliphatic hydroxyl groups excluding tert-OH is 3. The molecule has 0 unspecified atom stereocenters. The molecule has 17 heavy (non-hydrogen) atoms. The van der Waals surface area contributed by atoms with E-state index in [1.807, 2.05) is 5.32 Å². The third kappa shape index (κ3) is 2.73. The average molecular weight is 246 g/mol. The molecule has 8 nitrogen and oxygen atoms in total. The van der Waals surface area contributed by atoms with Gasteiger partial charge in [0, 0.05) is 6.92 Å². The summed E-state index contributed by atoms with van der Waals surface area (Å²) in [6, 6.07) is 0. The molecular weight excluding hydrogens is 234 g/mol. The number of aliphatic carboxylic acids is 1. The third-order valence-corrected chi connectivity index (χ3v) is 2.19. The Labute approximate surface area is 96.1 Å². The number of carboxylic acid groups (broad SMARTS) is 1. The zero-order valence-corrected chi connectivity index (χ0v) is 8.91. The molecule has 1 heterocycles. The van der Waals surface area contributed by atoms with Crippen LogP contribution in [0.4, 0.5) is 0 Å². The Morgan fingerprint density at radius 2 is 2.06 bits per heavy atom. The van der Waals surface area contributed by atoms with Gasteiger partial charge in [0.25, 0.3) is 0 Å². The summed E-state index contributed by atoms with van der Waals surface area (Å²) in [5.74, 6) is -3.22. The lowest BCUT2D eigenvalue weighted by Gasteiger charge is -2.35. The van der Waals surface area contributed by atoms with Crippen molar-refractivity contribution in [1.29, 1.82) is 0 Å². The van der Waals surface area contributed by atoms with Crippen molar-refractivity contribution < 1.29 is 34.8 Å². The number of amides is 1. The molecule has 1 rings (SSSR count). The van der Waals surface area contributed by atoms with Crippen LogP contribution in [0.2, 0.25) is 0 Å². The summed E-state index contributed by atoms with van der Waals surface area (Å²) in [7, 11) is 0. The second-order valence-corrected chi connectivity index (χ2v) is 3.49. The molecule has 3 atom stereocenters. The van der Waals surface area contributed by atoms with E-state index >= 15 is 0 Å². The van der Waals surface area contributed by atoms with Gasteiger partial charge >= 0.3 is 0 Å². The lowest BCUT2D eigenvalue weighted by atomic mass is 10.0. The Morgan fingerprint density at radius 3 is 2.47 bits per heavy atom. The van der Waals surface area contributed by atoms with Crippen LogP contribution in [-0.2, 0) is 14.3 Å². The first-order chi connectivity index (χ1) is 7.88. The summed E-state index contributed by atoms with van der Waals surface area (Å²) >= 11 is 0. The van der Waals surface area contributed by atoms with Crippen LogP contribution in [0.15, 0.2) is 11.5 Å². The minimum absolute atomic E-state index is 0.491. The molecule has 0 spiro atoms. The quantitative estimate of drug-likeness (QED) is 0.400. The fourth-order valence-electron chi connectivity index (χ4n) is 1.42. The first kappa shape index (κ1) is 13.4. The van der Waals surface area contributed by atoms with Crippen LogP contribution in [-0.4, -0.2) is 52.1 Å². The standard InChI is InChI=1S/C9H13NO7/c1-3(12)10-5-7(14)6(13)4(2-11)17-8(5)9(15)16/h4,6-7,11,13-14H,2H2,1H3,(H,10,12)(H,15,16)/p-1/t4-,6-,7-/m1/s1. The van der Waals surface area contributed by atoms with Crippen molar-refractivity contribution in [2.45, 2.75) is 25.2 Å². The van der Waals surface area contributed by atoms with E-state index in [1.165, 1.54) is 0 Å². The van der Waals surface area contributed by atoms with Gasteiger partial charge in [0.2, 0.25) is 5.91 Å². The molecule has 1 aliphatic rings. The average Bonchev–Trinajstić information content (AvgIpc) is 2.24. The highest BCUT2D eigenvalue weighted by molar-refractivity contribution is 5.86. The molecule has 0 saturated heterocycles. The summed E-state index contributed by atoms with van der Waals surface area (Å²) in [5, 5.41) is 40.7. The Morgan fingerprint density at radius 1 is 1.47 bits per heavy atom. The number of carbonyl (C=O) groups excluding carboxylic acids is 2. The van der Waals surface area contributed by atoms with Crippen LogP contribution in [0, 0.1) is 0 Å². The molecule has 0 aromatic rings. The van der Waals surface area contributed by atoms with Crippen molar-refractivity contribution in [3.8, 4) is 0 Å². The molecule has 1 aliphatic heterocycles. The molecule has 96 valence electrons. The molecule has 1 amide bonds. The number of carboxylic acids is 1. The lowest BCUT2D eigenvalue weighted by molar-refractivity contribution is -0.305. The van der Waals surface area contributed by atoms with E-state index in [2.05, 4.69) is 0 Å². The van der Waals surface area contributed by atoms with Gasteiger partial charge in [-0.3, -0.25) is 4.79 Å². The van der Waals surface area contributed by atoms with E-state index in [0.29, 0.717) is 0 Å². The van der Waals surface area contributed by atoms with Crippen molar-refractivity contribution >= 4 is 11.9 Å². The van der Waals surface area contributed by atoms with Crippen molar-refractivity contribution in [3.05, 3.63) is 11.5 Å². The number of hydrogen-bond donors (Lipinski definition) is 4. The highest BCUT2D eigenvalue weighted by Crippen LogP contribution is 2.22. The Balaban J connectivity index is 3.13. The summed E-state index contributed by atoms with van der Waals surface area (Å²) < 4.78 is 4.74. The predicted octanol–water partition coefficient (Wildman–Crippen LogP) is -3.80. The number of ether oxygens (including phenoxy) is 1. The molecule has 8 heteroatoms. The smallest absolute Gasteiger partial charge is 0.221 e. The van der Waals surface area contributed by atoms with Gasteiger partial charge in [-0.15, -0.1) is 0 Å². The molecule has 0 aromatic heterocycles. The normalized spacial score (nSPS) is 28.6. The van der Waals surface area contributed by atoms with Crippen LogP contribution >= 0.6 is 0 Å². The predicted molar refractivity (Wildman–Crippen MR) is 49.8 cm³/mol. The minimum Gasteiger partial charge on any atom is -0.541 e. The van der Waals surface area contributed by atoms with Crippen LogP contribution in [0.3, 0.4) is 0 Å². The van der Waals surface area contributed by atoms with Crippen molar-refractivity contribution in [3.63, 3.8) is 0 Å². The largest absolute Gasteiger partial charge is 0.541 e. The highest BCUT2D eigenvalue weighted by atomic mass is 16.5. The van der Waals surface area contributed by atoms with Crippen molar-refractivity contribution in [2.75, 3.05) is 6.61 Å². The third-order valence-electron chi connectivity index (χ3n) is 2.19. The van der Waals surface area contributed by atoms with E-state index in [-0.39, 0.29) is 0 Å². The second kappa shape index (κ2) is 5.13. The van der Waals surface area contributed by atoms with Crippen LogP contribution < -0.4 is 10.4 Å². The number of carbonyl (C=O) groups is 2. The molecular formula is C9H12NO7-. The minimum atomic E-state index is -1.77. The van der Waals surface area contributed by atoms with Gasteiger partial charge in [0.05, 0.1) is 12.3 Å². The first-order valence-electron chi connectivity index (χ1n) is 4.75. The van der Waals surface area contributed by atoms with Crippen molar-refractivity contribution in [2.24, 2.45) is 0 Å².